The van der Waals surface area contributed by atoms with Gasteiger partial charge in [0.15, 0.2) is 0 Å². The van der Waals surface area contributed by atoms with Crippen molar-refractivity contribution in [3.05, 3.63) is 30.3 Å². The van der Waals surface area contributed by atoms with Gasteiger partial charge in [0.05, 0.1) is 0 Å². The molecule has 0 aliphatic heterocycles. The van der Waals surface area contributed by atoms with Crippen molar-refractivity contribution in [1.82, 2.24) is 0 Å². The maximum atomic E-state index is 2.38. The number of rotatable bonds is 7. The van der Waals surface area contributed by atoms with Gasteiger partial charge in [-0.3, -0.25) is 0 Å². The molecule has 0 radical (unpaired) electrons. The Morgan fingerprint density at radius 2 is 1.19 bits per heavy atom. The first kappa shape index (κ1) is 13.7. The molecule has 0 spiro atoms. The SMILES string of the molecule is CCC[PH](CCC)(CCC)c1ccccc1. The van der Waals surface area contributed by atoms with Crippen LogP contribution in [0, 0.1) is 0 Å². The van der Waals surface area contributed by atoms with Gasteiger partial charge < -0.3 is 0 Å². The van der Waals surface area contributed by atoms with Gasteiger partial charge in [-0.15, -0.1) is 0 Å². The standard InChI is InChI=1S/C15H27P/c1-4-12-16(13-5-2,14-6-3)15-10-8-7-9-11-15/h7-11,16H,4-6,12-14H2,1-3H3. The van der Waals surface area contributed by atoms with Crippen LogP contribution in [0.15, 0.2) is 30.3 Å². The first-order valence-corrected chi connectivity index (χ1v) is 9.46. The van der Waals surface area contributed by atoms with Crippen molar-refractivity contribution in [2.24, 2.45) is 0 Å². The maximum absolute atomic E-state index is 2.38. The molecule has 1 aromatic carbocycles. The zero-order valence-corrected chi connectivity index (χ0v) is 12.1. The molecule has 0 unspecified atom stereocenters. The van der Waals surface area contributed by atoms with Crippen molar-refractivity contribution >= 4 is 12.6 Å². The van der Waals surface area contributed by atoms with E-state index >= 15 is 0 Å². The molecule has 0 saturated heterocycles. The molecule has 0 atom stereocenters. The van der Waals surface area contributed by atoms with E-state index in [2.05, 4.69) is 51.1 Å². The van der Waals surface area contributed by atoms with E-state index in [0.29, 0.717) is 0 Å². The van der Waals surface area contributed by atoms with Crippen LogP contribution in [0.4, 0.5) is 0 Å². The summed E-state index contributed by atoms with van der Waals surface area (Å²) in [5, 5.41) is 1.69. The molecule has 0 amide bonds. The van der Waals surface area contributed by atoms with Crippen molar-refractivity contribution in [1.29, 1.82) is 0 Å². The van der Waals surface area contributed by atoms with Gasteiger partial charge in [-0.2, -0.15) is 0 Å². The summed E-state index contributed by atoms with van der Waals surface area (Å²) in [5.74, 6) is 0. The van der Waals surface area contributed by atoms with Crippen LogP contribution in [0.25, 0.3) is 0 Å². The molecule has 0 N–H and O–H groups in total. The monoisotopic (exact) mass is 238 g/mol. The summed E-state index contributed by atoms with van der Waals surface area (Å²) in [5.41, 5.74) is 0. The average Bonchev–Trinajstić information content (AvgIpc) is 2.31. The molecular weight excluding hydrogens is 211 g/mol. The zero-order valence-electron chi connectivity index (χ0n) is 11.1. The van der Waals surface area contributed by atoms with Crippen LogP contribution in [0.3, 0.4) is 0 Å². The van der Waals surface area contributed by atoms with Gasteiger partial charge in [0, 0.05) is 0 Å². The Kier molecular flexibility index (Phi) is 6.06. The molecule has 1 heteroatoms. The van der Waals surface area contributed by atoms with Crippen LogP contribution in [-0.2, 0) is 0 Å². The molecule has 1 aromatic rings. The Morgan fingerprint density at radius 1 is 0.750 bits per heavy atom. The van der Waals surface area contributed by atoms with Gasteiger partial charge in [-0.1, -0.05) is 0 Å². The third-order valence-corrected chi connectivity index (χ3v) is 9.50. The summed E-state index contributed by atoms with van der Waals surface area (Å²) in [7, 11) is -1.17. The normalized spacial score (nSPS) is 12.7. The summed E-state index contributed by atoms with van der Waals surface area (Å²) in [6, 6.07) is 11.4. The fourth-order valence-corrected chi connectivity index (χ4v) is 8.42. The van der Waals surface area contributed by atoms with Crippen LogP contribution in [0.1, 0.15) is 40.0 Å². The quantitative estimate of drug-likeness (QED) is 0.622. The fourth-order valence-electron chi connectivity index (χ4n) is 3.04. The van der Waals surface area contributed by atoms with Gasteiger partial charge in [0.25, 0.3) is 0 Å². The molecule has 0 saturated carbocycles. The molecule has 0 aromatic heterocycles. The van der Waals surface area contributed by atoms with Crippen molar-refractivity contribution < 1.29 is 0 Å². The molecule has 0 aliphatic carbocycles. The molecule has 16 heavy (non-hydrogen) atoms. The van der Waals surface area contributed by atoms with Gasteiger partial charge in [0.2, 0.25) is 0 Å². The van der Waals surface area contributed by atoms with Crippen LogP contribution in [0.2, 0.25) is 0 Å². The molecule has 0 bridgehead atoms. The summed E-state index contributed by atoms with van der Waals surface area (Å²) in [6.07, 6.45) is 8.46. The van der Waals surface area contributed by atoms with Crippen LogP contribution in [0.5, 0.6) is 0 Å². The summed E-state index contributed by atoms with van der Waals surface area (Å²) in [6.45, 7) is 7.03. The Balaban J connectivity index is 2.99. The third-order valence-electron chi connectivity index (χ3n) is 3.57. The topological polar surface area (TPSA) is 0 Å². The zero-order chi connectivity index (χ0) is 11.9. The van der Waals surface area contributed by atoms with E-state index in [4.69, 9.17) is 0 Å². The second-order valence-electron chi connectivity index (χ2n) is 4.90. The van der Waals surface area contributed by atoms with E-state index in [0.717, 1.165) is 0 Å². The van der Waals surface area contributed by atoms with Crippen molar-refractivity contribution in [2.45, 2.75) is 40.0 Å². The predicted molar refractivity (Wildman–Crippen MR) is 79.9 cm³/mol. The first-order chi connectivity index (χ1) is 7.79. The number of benzene rings is 1. The van der Waals surface area contributed by atoms with E-state index in [1.54, 1.807) is 5.30 Å². The van der Waals surface area contributed by atoms with Gasteiger partial charge in [0.1, 0.15) is 0 Å². The van der Waals surface area contributed by atoms with Crippen LogP contribution >= 0.6 is 7.26 Å². The van der Waals surface area contributed by atoms with Gasteiger partial charge in [-0.25, -0.2) is 0 Å². The Labute approximate surface area is 102 Å². The van der Waals surface area contributed by atoms with Crippen LogP contribution in [-0.4, -0.2) is 18.5 Å². The van der Waals surface area contributed by atoms with E-state index in [9.17, 15) is 0 Å². The Morgan fingerprint density at radius 3 is 1.56 bits per heavy atom. The molecule has 92 valence electrons. The van der Waals surface area contributed by atoms with E-state index < -0.39 is 7.26 Å². The molecular formula is C15H27P. The van der Waals surface area contributed by atoms with Crippen molar-refractivity contribution in [2.75, 3.05) is 18.5 Å². The van der Waals surface area contributed by atoms with Crippen LogP contribution < -0.4 is 5.30 Å². The molecule has 1 rings (SSSR count). The van der Waals surface area contributed by atoms with Crippen molar-refractivity contribution in [3.8, 4) is 0 Å². The van der Waals surface area contributed by atoms with E-state index in [1.165, 1.54) is 37.7 Å². The fraction of sp³-hybridized carbons (Fsp3) is 0.600. The third kappa shape index (κ3) is 3.32. The molecule has 0 nitrogen and oxygen atoms in total. The van der Waals surface area contributed by atoms with Crippen molar-refractivity contribution in [3.63, 3.8) is 0 Å². The van der Waals surface area contributed by atoms with Gasteiger partial charge >= 0.3 is 101 Å². The minimum atomic E-state index is -1.17. The number of hydrogen-bond donors (Lipinski definition) is 0. The second kappa shape index (κ2) is 7.07. The molecule has 0 aliphatic rings. The Bertz CT molecular complexity index is 262. The summed E-state index contributed by atoms with van der Waals surface area (Å²) >= 11 is 0. The average molecular weight is 238 g/mol. The number of hydrogen-bond acceptors (Lipinski definition) is 0. The summed E-state index contributed by atoms with van der Waals surface area (Å²) < 4.78 is 0. The minimum absolute atomic E-state index is 1.17. The summed E-state index contributed by atoms with van der Waals surface area (Å²) in [4.78, 5) is 0. The van der Waals surface area contributed by atoms with E-state index in [1.807, 2.05) is 0 Å². The molecule has 0 heterocycles. The first-order valence-electron chi connectivity index (χ1n) is 6.84. The molecule has 0 fully saturated rings. The Hall–Kier alpha value is -0.350. The van der Waals surface area contributed by atoms with E-state index in [-0.39, 0.29) is 0 Å². The van der Waals surface area contributed by atoms with Gasteiger partial charge in [-0.05, 0) is 0 Å². The predicted octanol–water partition coefficient (Wildman–Crippen LogP) is 4.29. The second-order valence-corrected chi connectivity index (χ2v) is 9.53.